The molecule has 1 heterocycles. The molecule has 4 heteroatoms. The molecule has 3 N–H and O–H groups in total. The third-order valence-corrected chi connectivity index (χ3v) is 4.28. The Labute approximate surface area is 101 Å². The van der Waals surface area contributed by atoms with E-state index in [0.717, 1.165) is 16.8 Å². The summed E-state index contributed by atoms with van der Waals surface area (Å²) in [5, 5.41) is 4.23. The molecule has 2 atom stereocenters. The van der Waals surface area contributed by atoms with Crippen molar-refractivity contribution >= 4 is 23.3 Å². The van der Waals surface area contributed by atoms with Gasteiger partial charge in [-0.05, 0) is 24.7 Å². The molecule has 0 aromatic carbocycles. The maximum absolute atomic E-state index is 5.74. The minimum atomic E-state index is 0.555. The molecule has 1 aliphatic rings. The predicted octanol–water partition coefficient (Wildman–Crippen LogP) is 2.75. The van der Waals surface area contributed by atoms with Crippen molar-refractivity contribution in [3.05, 3.63) is 18.3 Å². The number of anilines is 2. The smallest absolute Gasteiger partial charge is 0.128 e. The summed E-state index contributed by atoms with van der Waals surface area (Å²) >= 11 is 2.05. The quantitative estimate of drug-likeness (QED) is 0.845. The van der Waals surface area contributed by atoms with Crippen molar-refractivity contribution in [3.8, 4) is 0 Å². The lowest BCUT2D eigenvalue weighted by atomic mass is 10.2. The fourth-order valence-electron chi connectivity index (χ4n) is 2.22. The van der Waals surface area contributed by atoms with Crippen LogP contribution in [0.5, 0.6) is 0 Å². The van der Waals surface area contributed by atoms with Crippen molar-refractivity contribution in [1.82, 2.24) is 4.98 Å². The first-order chi connectivity index (χ1) is 7.79. The Morgan fingerprint density at radius 3 is 3.19 bits per heavy atom. The third-order valence-electron chi connectivity index (χ3n) is 2.95. The number of pyridine rings is 1. The molecule has 0 radical (unpaired) electrons. The topological polar surface area (TPSA) is 50.9 Å². The molecule has 0 aliphatic heterocycles. The molecular weight excluding hydrogens is 218 g/mol. The number of hydrogen-bond acceptors (Lipinski definition) is 4. The molecule has 16 heavy (non-hydrogen) atoms. The van der Waals surface area contributed by atoms with Gasteiger partial charge in [-0.25, -0.2) is 4.98 Å². The highest BCUT2D eigenvalue weighted by Gasteiger charge is 2.27. The van der Waals surface area contributed by atoms with Gasteiger partial charge in [-0.1, -0.05) is 13.3 Å². The molecule has 3 nitrogen and oxygen atoms in total. The molecule has 0 bridgehead atoms. The number of nitrogen functional groups attached to an aromatic ring is 1. The second kappa shape index (κ2) is 5.43. The van der Waals surface area contributed by atoms with E-state index in [1.54, 1.807) is 6.20 Å². The van der Waals surface area contributed by atoms with E-state index in [0.29, 0.717) is 6.04 Å². The highest BCUT2D eigenvalue weighted by Crippen LogP contribution is 2.31. The molecule has 1 aromatic heterocycles. The number of nitrogens with zero attached hydrogens (tertiary/aromatic N) is 1. The minimum Gasteiger partial charge on any atom is -0.399 e. The molecule has 88 valence electrons. The summed E-state index contributed by atoms with van der Waals surface area (Å²) in [7, 11) is 0. The Hall–Kier alpha value is -0.900. The standard InChI is InChI=1S/C12H19N3S/c1-2-16-11-5-3-4-10(11)15-12-8-9(13)6-7-14-12/h6-8,10-11H,2-5H2,1H3,(H3,13,14,15). The summed E-state index contributed by atoms with van der Waals surface area (Å²) < 4.78 is 0. The van der Waals surface area contributed by atoms with Gasteiger partial charge in [-0.15, -0.1) is 0 Å². The van der Waals surface area contributed by atoms with Crippen LogP contribution in [0.1, 0.15) is 26.2 Å². The zero-order valence-electron chi connectivity index (χ0n) is 9.65. The SMILES string of the molecule is CCSC1CCCC1Nc1cc(N)ccn1. The van der Waals surface area contributed by atoms with Crippen molar-refractivity contribution < 1.29 is 0 Å². The van der Waals surface area contributed by atoms with Gasteiger partial charge in [-0.3, -0.25) is 0 Å². The van der Waals surface area contributed by atoms with E-state index in [4.69, 9.17) is 5.73 Å². The van der Waals surface area contributed by atoms with Crippen LogP contribution in [0.4, 0.5) is 11.5 Å². The van der Waals surface area contributed by atoms with Crippen LogP contribution in [0.3, 0.4) is 0 Å². The largest absolute Gasteiger partial charge is 0.399 e. The van der Waals surface area contributed by atoms with Gasteiger partial charge >= 0.3 is 0 Å². The average molecular weight is 237 g/mol. The number of thioether (sulfide) groups is 1. The van der Waals surface area contributed by atoms with E-state index in [9.17, 15) is 0 Å². The van der Waals surface area contributed by atoms with Gasteiger partial charge in [0.15, 0.2) is 0 Å². The fourth-order valence-corrected chi connectivity index (χ4v) is 3.42. The van der Waals surface area contributed by atoms with E-state index >= 15 is 0 Å². The van der Waals surface area contributed by atoms with Crippen LogP contribution in [0.25, 0.3) is 0 Å². The molecule has 1 saturated carbocycles. The number of rotatable bonds is 4. The molecule has 2 rings (SSSR count). The van der Waals surface area contributed by atoms with E-state index in [1.807, 2.05) is 23.9 Å². The van der Waals surface area contributed by atoms with E-state index in [-0.39, 0.29) is 0 Å². The van der Waals surface area contributed by atoms with Gasteiger partial charge in [0, 0.05) is 29.2 Å². The summed E-state index contributed by atoms with van der Waals surface area (Å²) in [4.78, 5) is 4.30. The molecule has 1 fully saturated rings. The molecule has 1 aliphatic carbocycles. The second-order valence-corrected chi connectivity index (χ2v) is 5.67. The number of aromatic nitrogens is 1. The predicted molar refractivity (Wildman–Crippen MR) is 71.8 cm³/mol. The van der Waals surface area contributed by atoms with Crippen LogP contribution in [0.15, 0.2) is 18.3 Å². The normalized spacial score (nSPS) is 24.6. The lowest BCUT2D eigenvalue weighted by Crippen LogP contribution is -2.26. The van der Waals surface area contributed by atoms with Crippen molar-refractivity contribution in [2.24, 2.45) is 0 Å². The molecule has 0 amide bonds. The summed E-state index contributed by atoms with van der Waals surface area (Å²) in [6, 6.07) is 4.28. The monoisotopic (exact) mass is 237 g/mol. The van der Waals surface area contributed by atoms with Gasteiger partial charge in [0.2, 0.25) is 0 Å². The Morgan fingerprint density at radius 2 is 2.44 bits per heavy atom. The van der Waals surface area contributed by atoms with Gasteiger partial charge in [-0.2, -0.15) is 11.8 Å². The summed E-state index contributed by atoms with van der Waals surface area (Å²) in [5.41, 5.74) is 6.51. The molecule has 1 aromatic rings. The Bertz CT molecular complexity index is 343. The van der Waals surface area contributed by atoms with Crippen LogP contribution in [-0.4, -0.2) is 22.0 Å². The van der Waals surface area contributed by atoms with Crippen LogP contribution >= 0.6 is 11.8 Å². The summed E-state index contributed by atoms with van der Waals surface area (Å²) in [6.45, 7) is 2.22. The Balaban J connectivity index is 1.98. The second-order valence-electron chi connectivity index (χ2n) is 4.15. The maximum atomic E-state index is 5.74. The third kappa shape index (κ3) is 2.82. The van der Waals surface area contributed by atoms with Gasteiger partial charge < -0.3 is 11.1 Å². The zero-order valence-corrected chi connectivity index (χ0v) is 10.5. The van der Waals surface area contributed by atoms with E-state index < -0.39 is 0 Å². The summed E-state index contributed by atoms with van der Waals surface area (Å²) in [6.07, 6.45) is 5.64. The lowest BCUT2D eigenvalue weighted by molar-refractivity contribution is 0.763. The first-order valence-corrected chi connectivity index (χ1v) is 6.94. The van der Waals surface area contributed by atoms with Crippen LogP contribution in [0.2, 0.25) is 0 Å². The number of nitrogens with one attached hydrogen (secondary N) is 1. The molecule has 2 unspecified atom stereocenters. The minimum absolute atomic E-state index is 0.555. The highest BCUT2D eigenvalue weighted by molar-refractivity contribution is 7.99. The van der Waals surface area contributed by atoms with Crippen molar-refractivity contribution in [2.45, 2.75) is 37.5 Å². The van der Waals surface area contributed by atoms with Gasteiger partial charge in [0.25, 0.3) is 0 Å². The zero-order chi connectivity index (χ0) is 11.4. The number of hydrogen-bond donors (Lipinski definition) is 2. The Morgan fingerprint density at radius 1 is 1.56 bits per heavy atom. The fraction of sp³-hybridized carbons (Fsp3) is 0.583. The van der Waals surface area contributed by atoms with Crippen LogP contribution < -0.4 is 11.1 Å². The van der Waals surface area contributed by atoms with Gasteiger partial charge in [0.05, 0.1) is 0 Å². The van der Waals surface area contributed by atoms with Crippen LogP contribution in [-0.2, 0) is 0 Å². The first-order valence-electron chi connectivity index (χ1n) is 5.89. The maximum Gasteiger partial charge on any atom is 0.128 e. The van der Waals surface area contributed by atoms with Crippen molar-refractivity contribution in [2.75, 3.05) is 16.8 Å². The van der Waals surface area contributed by atoms with Gasteiger partial charge in [0.1, 0.15) is 5.82 Å². The van der Waals surface area contributed by atoms with E-state index in [2.05, 4.69) is 17.2 Å². The molecular formula is C12H19N3S. The lowest BCUT2D eigenvalue weighted by Gasteiger charge is -2.20. The molecule has 0 spiro atoms. The molecule has 0 saturated heterocycles. The van der Waals surface area contributed by atoms with Crippen molar-refractivity contribution in [1.29, 1.82) is 0 Å². The summed E-state index contributed by atoms with van der Waals surface area (Å²) in [5.74, 6) is 2.10. The van der Waals surface area contributed by atoms with Crippen molar-refractivity contribution in [3.63, 3.8) is 0 Å². The van der Waals surface area contributed by atoms with Crippen LogP contribution in [0, 0.1) is 0 Å². The number of nitrogens with two attached hydrogens (primary N) is 1. The average Bonchev–Trinajstić information content (AvgIpc) is 2.66. The Kier molecular flexibility index (Phi) is 3.93. The first kappa shape index (κ1) is 11.6. The highest BCUT2D eigenvalue weighted by atomic mass is 32.2. The van der Waals surface area contributed by atoms with E-state index in [1.165, 1.54) is 25.0 Å².